The second kappa shape index (κ2) is 12.1. The molecule has 0 bridgehead atoms. The molecule has 0 aliphatic carbocycles. The minimum absolute atomic E-state index is 0.162. The highest BCUT2D eigenvalue weighted by Crippen LogP contribution is 2.47. The molecule has 7 aromatic rings. The van der Waals surface area contributed by atoms with E-state index >= 15 is 0 Å². The minimum atomic E-state index is -0.162. The van der Waals surface area contributed by atoms with E-state index in [1.54, 1.807) is 0 Å². The van der Waals surface area contributed by atoms with Crippen LogP contribution in [0, 0.1) is 0 Å². The lowest BCUT2D eigenvalue weighted by molar-refractivity contribution is 0.173. The molecule has 0 N–H and O–H groups in total. The molecular formula is C46H30B2N2O8. The monoisotopic (exact) mass is 760 g/mol. The van der Waals surface area contributed by atoms with Gasteiger partial charge in [-0.1, -0.05) is 71.6 Å². The summed E-state index contributed by atoms with van der Waals surface area (Å²) in [5.41, 5.74) is 12.7. The Morgan fingerprint density at radius 2 is 0.569 bits per heavy atom. The first-order valence-electron chi connectivity index (χ1n) is 19.3. The Hall–Kier alpha value is -7.33. The van der Waals surface area contributed by atoms with Crippen LogP contribution in [0.4, 0.5) is 34.1 Å². The van der Waals surface area contributed by atoms with Gasteiger partial charge in [-0.15, -0.1) is 0 Å². The highest BCUT2D eigenvalue weighted by atomic mass is 16.7. The smallest absolute Gasteiger partial charge is 0.247 e. The van der Waals surface area contributed by atoms with Crippen LogP contribution in [0.1, 0.15) is 0 Å². The van der Waals surface area contributed by atoms with Crippen molar-refractivity contribution in [3.63, 3.8) is 0 Å². The molecule has 0 radical (unpaired) electrons. The van der Waals surface area contributed by atoms with Crippen LogP contribution in [0.2, 0.25) is 0 Å². The van der Waals surface area contributed by atoms with Gasteiger partial charge in [-0.2, -0.15) is 0 Å². The molecule has 6 aliphatic rings. The minimum Gasteiger partial charge on any atom is -0.454 e. The van der Waals surface area contributed by atoms with Crippen LogP contribution in [0.15, 0.2) is 133 Å². The van der Waals surface area contributed by atoms with Gasteiger partial charge in [0, 0.05) is 58.4 Å². The zero-order chi connectivity index (χ0) is 37.9. The summed E-state index contributed by atoms with van der Waals surface area (Å²) in [4.78, 5) is 4.56. The van der Waals surface area contributed by atoms with Crippen molar-refractivity contribution in [2.75, 3.05) is 37.0 Å². The van der Waals surface area contributed by atoms with Crippen LogP contribution in [0.5, 0.6) is 46.0 Å². The maximum absolute atomic E-state index is 5.99. The van der Waals surface area contributed by atoms with E-state index in [1.807, 2.05) is 12.1 Å². The first kappa shape index (κ1) is 31.8. The highest BCUT2D eigenvalue weighted by molar-refractivity contribution is 6.99. The van der Waals surface area contributed by atoms with Crippen molar-refractivity contribution in [1.82, 2.24) is 0 Å². The molecular weight excluding hydrogens is 730 g/mol. The van der Waals surface area contributed by atoms with Gasteiger partial charge in [0.2, 0.25) is 40.6 Å². The summed E-state index contributed by atoms with van der Waals surface area (Å²) in [5.74, 6) is 5.80. The molecule has 6 aliphatic heterocycles. The van der Waals surface area contributed by atoms with E-state index < -0.39 is 0 Å². The Balaban J connectivity index is 0.996. The lowest BCUT2D eigenvalue weighted by atomic mass is 9.33. The fourth-order valence-corrected chi connectivity index (χ4v) is 9.39. The second-order valence-electron chi connectivity index (χ2n) is 14.9. The van der Waals surface area contributed by atoms with Crippen molar-refractivity contribution in [2.24, 2.45) is 0 Å². The van der Waals surface area contributed by atoms with Crippen molar-refractivity contribution in [1.29, 1.82) is 0 Å². The van der Waals surface area contributed by atoms with Crippen LogP contribution < -0.4 is 80.5 Å². The van der Waals surface area contributed by atoms with Gasteiger partial charge in [0.25, 0.3) is 0 Å². The summed E-state index contributed by atoms with van der Waals surface area (Å²) < 4.78 is 47.8. The number of ether oxygens (including phenoxy) is 8. The number of anilines is 6. The predicted molar refractivity (Wildman–Crippen MR) is 222 cm³/mol. The summed E-state index contributed by atoms with van der Waals surface area (Å²) in [5, 5.41) is 0. The third-order valence-corrected chi connectivity index (χ3v) is 11.9. The number of nitrogens with zero attached hydrogens (tertiary/aromatic N) is 2. The Kier molecular flexibility index (Phi) is 6.63. The van der Waals surface area contributed by atoms with Gasteiger partial charge < -0.3 is 47.7 Å². The van der Waals surface area contributed by atoms with Crippen molar-refractivity contribution < 1.29 is 37.9 Å². The maximum atomic E-state index is 5.99. The molecule has 58 heavy (non-hydrogen) atoms. The van der Waals surface area contributed by atoms with Gasteiger partial charge in [-0.25, -0.2) is 0 Å². The molecule has 13 rings (SSSR count). The lowest BCUT2D eigenvalue weighted by Gasteiger charge is -2.38. The zero-order valence-corrected chi connectivity index (χ0v) is 30.8. The van der Waals surface area contributed by atoms with Crippen LogP contribution in [0.25, 0.3) is 0 Å². The largest absolute Gasteiger partial charge is 0.454 e. The Morgan fingerprint density at radius 3 is 0.845 bits per heavy atom. The molecule has 10 nitrogen and oxygen atoms in total. The van der Waals surface area contributed by atoms with Gasteiger partial charge in [0.05, 0.1) is 0 Å². The number of rotatable bonds is 4. The third kappa shape index (κ3) is 4.62. The molecule has 12 heteroatoms. The summed E-state index contributed by atoms with van der Waals surface area (Å²) >= 11 is 0. The number of hydrogen-bond acceptors (Lipinski definition) is 10. The van der Waals surface area contributed by atoms with E-state index in [4.69, 9.17) is 37.9 Å². The number of benzene rings is 7. The molecule has 0 atom stereocenters. The number of para-hydroxylation sites is 2. The summed E-state index contributed by atoms with van der Waals surface area (Å²) in [6, 6.07) is 46.7. The Morgan fingerprint density at radius 1 is 0.310 bits per heavy atom. The molecule has 7 aromatic carbocycles. The molecule has 278 valence electrons. The first-order chi connectivity index (χ1) is 28.7. The quantitative estimate of drug-likeness (QED) is 0.224. The molecule has 0 saturated carbocycles. The van der Waals surface area contributed by atoms with E-state index in [2.05, 4.69) is 131 Å². The van der Waals surface area contributed by atoms with Gasteiger partial charge >= 0.3 is 0 Å². The van der Waals surface area contributed by atoms with E-state index in [-0.39, 0.29) is 40.6 Å². The van der Waals surface area contributed by atoms with Gasteiger partial charge in [-0.05, 0) is 70.4 Å². The average molecular weight is 760 g/mol. The van der Waals surface area contributed by atoms with Crippen LogP contribution in [-0.4, -0.2) is 40.6 Å². The van der Waals surface area contributed by atoms with Crippen LogP contribution >= 0.6 is 0 Å². The SMILES string of the molecule is c1ccc(N2c3cc4c(cc3B(c3ccc(B5c6cc7c(cc6N(c6ccccc6)c6cc8c(cc65)OCO8)OCO7)cc3)c3cc5c(cc32)OCO5)OCO4)cc1. The molecule has 0 saturated heterocycles. The second-order valence-corrected chi connectivity index (χ2v) is 14.9. The molecule has 0 aromatic heterocycles. The number of fused-ring (bicyclic) bond motifs is 8. The van der Waals surface area contributed by atoms with E-state index in [9.17, 15) is 0 Å². The van der Waals surface area contributed by atoms with Crippen molar-refractivity contribution in [2.45, 2.75) is 0 Å². The van der Waals surface area contributed by atoms with Gasteiger partial charge in [0.15, 0.2) is 46.0 Å². The molecule has 0 spiro atoms. The molecule has 6 heterocycles. The van der Waals surface area contributed by atoms with Crippen molar-refractivity contribution in [3.05, 3.63) is 133 Å². The topological polar surface area (TPSA) is 80.3 Å². The van der Waals surface area contributed by atoms with Gasteiger partial charge in [-0.3, -0.25) is 0 Å². The maximum Gasteiger partial charge on any atom is 0.247 e. The van der Waals surface area contributed by atoms with Gasteiger partial charge in [0.1, 0.15) is 0 Å². The van der Waals surface area contributed by atoms with Crippen LogP contribution in [-0.2, 0) is 0 Å². The Bertz CT molecular complexity index is 2520. The highest BCUT2D eigenvalue weighted by Gasteiger charge is 2.42. The Labute approximate surface area is 333 Å². The fourth-order valence-electron chi connectivity index (χ4n) is 9.39. The normalized spacial score (nSPS) is 15.6. The molecule has 0 amide bonds. The number of hydrogen-bond donors (Lipinski definition) is 0. The summed E-state index contributed by atoms with van der Waals surface area (Å²) in [7, 11) is 0. The predicted octanol–water partition coefficient (Wildman–Crippen LogP) is 5.20. The van der Waals surface area contributed by atoms with Crippen molar-refractivity contribution in [3.8, 4) is 46.0 Å². The lowest BCUT2D eigenvalue weighted by Crippen LogP contribution is -2.59. The zero-order valence-electron chi connectivity index (χ0n) is 30.8. The third-order valence-electron chi connectivity index (χ3n) is 11.9. The summed E-state index contributed by atoms with van der Waals surface area (Å²) in [6.45, 7) is 0.393. The standard InChI is InChI=1S/C46H30B2N2O8/c1-3-7-29(8-4-1)49-35-19-43-39(51-23-55-43)15-31(35)47(32-16-40-44(20-36(32)49)56-24-52-40)27-11-13-28(14-12-27)48-33-17-41-45(57-25-53-41)21-37(33)50(30-9-5-2-6-10-30)38-22-46-42(18-34(38)48)54-26-58-46/h1-22H,23-26H2. The van der Waals surface area contributed by atoms with E-state index in [1.165, 1.54) is 0 Å². The van der Waals surface area contributed by atoms with Crippen LogP contribution in [0.3, 0.4) is 0 Å². The molecule has 0 fully saturated rings. The van der Waals surface area contributed by atoms with Crippen molar-refractivity contribution >= 4 is 80.3 Å². The average Bonchev–Trinajstić information content (AvgIpc) is 4.11. The van der Waals surface area contributed by atoms with E-state index in [0.717, 1.165) is 113 Å². The first-order valence-corrected chi connectivity index (χ1v) is 19.3. The molecule has 0 unspecified atom stereocenters. The van der Waals surface area contributed by atoms with E-state index in [0.29, 0.717) is 0 Å². The summed E-state index contributed by atoms with van der Waals surface area (Å²) in [6.07, 6.45) is 0. The fraction of sp³-hybridized carbons (Fsp3) is 0.0870.